The zero-order valence-corrected chi connectivity index (χ0v) is 18.4. The molecule has 29 heavy (non-hydrogen) atoms. The molecule has 0 amide bonds. The SMILES string of the molecule is [2H]C(C[C@@H](C)[C@H]1CC[C@H]2[C@@H]3CC=C4C[C@@H](O)CC[C@]4(C)[C@H]3CC[C@]12C)C([2H])([2H])C([2H])(C([2H])([2H])[2H])C([2H])([2H])O. The largest absolute Gasteiger partial charge is 0.396 e. The third-order valence-corrected chi connectivity index (χ3v) is 9.69. The molecule has 2 N–H and O–H groups in total. The minimum atomic E-state index is -3.65. The average molecular weight is 412 g/mol. The van der Waals surface area contributed by atoms with Crippen LogP contribution in [0.3, 0.4) is 0 Å². The molecule has 2 unspecified atom stereocenters. The van der Waals surface area contributed by atoms with Crippen molar-refractivity contribution in [2.45, 2.75) is 104 Å². The summed E-state index contributed by atoms with van der Waals surface area (Å²) >= 11 is 0. The number of aliphatic hydroxyl groups excluding tert-OH is 1. The van der Waals surface area contributed by atoms with Crippen molar-refractivity contribution in [3.8, 4) is 0 Å². The van der Waals surface area contributed by atoms with Crippen molar-refractivity contribution in [1.82, 2.24) is 0 Å². The highest BCUT2D eigenvalue weighted by Crippen LogP contribution is 2.67. The summed E-state index contributed by atoms with van der Waals surface area (Å²) < 4.78 is 72.0. The second-order valence-electron chi connectivity index (χ2n) is 10.9. The molecule has 0 radical (unpaired) electrons. The maximum absolute atomic E-state index is 10.3. The van der Waals surface area contributed by atoms with Crippen LogP contribution in [0, 0.1) is 46.3 Å². The van der Waals surface area contributed by atoms with Crippen LogP contribution >= 0.6 is 0 Å². The Morgan fingerprint density at radius 3 is 2.83 bits per heavy atom. The lowest BCUT2D eigenvalue weighted by Gasteiger charge is -2.58. The van der Waals surface area contributed by atoms with E-state index in [-0.39, 0.29) is 35.2 Å². The van der Waals surface area contributed by atoms with Gasteiger partial charge >= 0.3 is 0 Å². The topological polar surface area (TPSA) is 40.5 Å². The molecular formula is C27H46O2. The quantitative estimate of drug-likeness (QED) is 0.499. The van der Waals surface area contributed by atoms with Gasteiger partial charge in [-0.05, 0) is 104 Å². The summed E-state index contributed by atoms with van der Waals surface area (Å²) in [5.41, 5.74) is 1.60. The molecule has 0 aromatic heterocycles. The van der Waals surface area contributed by atoms with E-state index in [4.69, 9.17) is 12.3 Å². The van der Waals surface area contributed by atoms with E-state index < -0.39 is 32.1 Å². The molecule has 0 spiro atoms. The fraction of sp³-hybridized carbons (Fsp3) is 0.926. The number of hydrogen-bond acceptors (Lipinski definition) is 2. The van der Waals surface area contributed by atoms with E-state index in [2.05, 4.69) is 19.9 Å². The maximum Gasteiger partial charge on any atom is 0.0577 e. The molecule has 4 rings (SSSR count). The molecule has 3 fully saturated rings. The molecule has 0 heterocycles. The summed E-state index contributed by atoms with van der Waals surface area (Å²) in [6.45, 7) is -0.390. The number of allylic oxidation sites excluding steroid dienone is 1. The fourth-order valence-corrected chi connectivity index (χ4v) is 8.16. The molecule has 2 heteroatoms. The van der Waals surface area contributed by atoms with Crippen molar-refractivity contribution in [3.63, 3.8) is 0 Å². The Labute approximate surface area is 192 Å². The van der Waals surface area contributed by atoms with Crippen molar-refractivity contribution >= 4 is 0 Å². The van der Waals surface area contributed by atoms with E-state index in [1.165, 1.54) is 5.57 Å². The van der Waals surface area contributed by atoms with Gasteiger partial charge in [0.05, 0.1) is 8.85 Å². The van der Waals surface area contributed by atoms with E-state index in [0.717, 1.165) is 51.4 Å². The number of hydrogen-bond donors (Lipinski definition) is 2. The lowest BCUT2D eigenvalue weighted by atomic mass is 9.47. The predicted octanol–water partition coefficient (Wildman–Crippen LogP) is 6.36. The monoisotopic (exact) mass is 411 g/mol. The molecule has 0 aromatic carbocycles. The molecular weight excluding hydrogens is 356 g/mol. The first-order valence-electron chi connectivity index (χ1n) is 16.3. The standard InChI is InChI=1S/C27H46O2/c1-18(17-28)6-5-7-19(2)23-10-11-24-22-9-8-20-16-21(29)12-14-26(20,3)25(22)13-15-27(23,24)4/h8,18-19,21-25,28-29H,5-7,9-17H2,1-4H3/t18?,19-,21+,22+,23-,24+,25+,26+,27-/m1/s1/i1D3,5D,6D2,17D2,18D/t5?,18?,19-,21+,22+,23-,24+,25+,26+,27-. The molecule has 166 valence electrons. The maximum atomic E-state index is 10.3. The van der Waals surface area contributed by atoms with Gasteiger partial charge in [0.1, 0.15) is 0 Å². The Hall–Kier alpha value is -0.340. The molecule has 0 aliphatic heterocycles. The van der Waals surface area contributed by atoms with Crippen LogP contribution in [0.25, 0.3) is 0 Å². The number of aliphatic hydroxyl groups is 2. The molecule has 0 aromatic rings. The molecule has 4 aliphatic carbocycles. The van der Waals surface area contributed by atoms with E-state index in [1.54, 1.807) is 0 Å². The Kier molecular flexibility index (Phi) is 3.80. The first-order valence-corrected chi connectivity index (χ1v) is 11.7. The Bertz CT molecular complexity index is 914. The van der Waals surface area contributed by atoms with Crippen LogP contribution in [0.4, 0.5) is 0 Å². The zero-order valence-electron chi connectivity index (χ0n) is 27.4. The lowest BCUT2D eigenvalue weighted by Crippen LogP contribution is -2.50. The van der Waals surface area contributed by atoms with Crippen LogP contribution in [-0.2, 0) is 0 Å². The molecule has 3 saturated carbocycles. The van der Waals surface area contributed by atoms with Gasteiger partial charge in [-0.3, -0.25) is 0 Å². The lowest BCUT2D eigenvalue weighted by molar-refractivity contribution is -0.0573. The van der Waals surface area contributed by atoms with Gasteiger partial charge in [-0.1, -0.05) is 52.1 Å². The summed E-state index contributed by atoms with van der Waals surface area (Å²) in [6, 6.07) is 0. The second-order valence-corrected chi connectivity index (χ2v) is 10.9. The van der Waals surface area contributed by atoms with Crippen molar-refractivity contribution in [1.29, 1.82) is 0 Å². The van der Waals surface area contributed by atoms with Gasteiger partial charge in [0.15, 0.2) is 0 Å². The summed E-state index contributed by atoms with van der Waals surface area (Å²) in [7, 11) is 0. The highest BCUT2D eigenvalue weighted by Gasteiger charge is 2.59. The minimum Gasteiger partial charge on any atom is -0.396 e. The molecule has 4 aliphatic rings. The van der Waals surface area contributed by atoms with Crippen LogP contribution in [0.15, 0.2) is 11.6 Å². The molecule has 10 atom stereocenters. The molecule has 0 bridgehead atoms. The van der Waals surface area contributed by atoms with Crippen molar-refractivity contribution in [3.05, 3.63) is 11.6 Å². The average Bonchev–Trinajstić information content (AvgIpc) is 3.14. The van der Waals surface area contributed by atoms with Gasteiger partial charge < -0.3 is 10.2 Å². The van der Waals surface area contributed by atoms with Crippen molar-refractivity contribution < 1.29 is 22.5 Å². The third kappa shape index (κ3) is 3.75. The Balaban J connectivity index is 1.53. The van der Waals surface area contributed by atoms with Crippen LogP contribution in [0.1, 0.15) is 111 Å². The number of rotatable bonds is 6. The van der Waals surface area contributed by atoms with E-state index in [9.17, 15) is 10.2 Å². The minimum absolute atomic E-state index is 0.000512. The van der Waals surface area contributed by atoms with Gasteiger partial charge in [0, 0.05) is 16.2 Å². The molecule has 0 saturated heterocycles. The second kappa shape index (κ2) is 8.30. The Morgan fingerprint density at radius 1 is 1.24 bits per heavy atom. The summed E-state index contributed by atoms with van der Waals surface area (Å²) in [5.74, 6) is -1.71. The summed E-state index contributed by atoms with van der Waals surface area (Å²) in [5, 5.41) is 20.2. The highest BCUT2D eigenvalue weighted by molar-refractivity contribution is 5.25. The van der Waals surface area contributed by atoms with Gasteiger partial charge in [-0.25, -0.2) is 0 Å². The van der Waals surface area contributed by atoms with Gasteiger partial charge in [-0.2, -0.15) is 0 Å². The third-order valence-electron chi connectivity index (χ3n) is 9.69. The fourth-order valence-electron chi connectivity index (χ4n) is 8.16. The van der Waals surface area contributed by atoms with E-state index in [0.29, 0.717) is 17.8 Å². The van der Waals surface area contributed by atoms with Gasteiger partial charge in [-0.15, -0.1) is 0 Å². The van der Waals surface area contributed by atoms with Crippen molar-refractivity contribution in [2.75, 3.05) is 6.56 Å². The highest BCUT2D eigenvalue weighted by atomic mass is 16.3. The van der Waals surface area contributed by atoms with Crippen LogP contribution < -0.4 is 0 Å². The Morgan fingerprint density at radius 2 is 2.07 bits per heavy atom. The first kappa shape index (κ1) is 13.3. The number of fused-ring (bicyclic) bond motifs is 5. The van der Waals surface area contributed by atoms with Gasteiger partial charge in [0.2, 0.25) is 0 Å². The molecule has 2 nitrogen and oxygen atoms in total. The summed E-state index contributed by atoms with van der Waals surface area (Å²) in [6.07, 6.45) is 5.25. The predicted molar refractivity (Wildman–Crippen MR) is 120 cm³/mol. The van der Waals surface area contributed by atoms with Crippen LogP contribution in [-0.4, -0.2) is 22.9 Å². The van der Waals surface area contributed by atoms with Crippen LogP contribution in [0.2, 0.25) is 0 Å². The van der Waals surface area contributed by atoms with E-state index in [1.807, 2.05) is 6.92 Å². The summed E-state index contributed by atoms with van der Waals surface area (Å²) in [4.78, 5) is 0. The smallest absolute Gasteiger partial charge is 0.0577 e. The van der Waals surface area contributed by atoms with Gasteiger partial charge in [0.25, 0.3) is 0 Å². The zero-order chi connectivity index (χ0) is 28.7. The first-order chi connectivity index (χ1) is 17.2. The van der Waals surface area contributed by atoms with Crippen molar-refractivity contribution in [2.24, 2.45) is 46.3 Å². The van der Waals surface area contributed by atoms with Crippen LogP contribution in [0.5, 0.6) is 0 Å². The normalized spacial score (nSPS) is 54.4. The van der Waals surface area contributed by atoms with E-state index >= 15 is 0 Å².